The predicted molar refractivity (Wildman–Crippen MR) is 79.3 cm³/mol. The van der Waals surface area contributed by atoms with Crippen LogP contribution in [-0.4, -0.2) is 60.0 Å². The van der Waals surface area contributed by atoms with Crippen LogP contribution in [0.2, 0.25) is 0 Å². The van der Waals surface area contributed by atoms with Gasteiger partial charge in [0.2, 0.25) is 5.91 Å². The third-order valence-corrected chi connectivity index (χ3v) is 3.78. The first-order valence-electron chi connectivity index (χ1n) is 7.38. The van der Waals surface area contributed by atoms with Crippen molar-refractivity contribution in [2.45, 2.75) is 19.9 Å². The van der Waals surface area contributed by atoms with Crippen molar-refractivity contribution in [2.75, 3.05) is 39.3 Å². The van der Waals surface area contributed by atoms with Gasteiger partial charge in [-0.05, 0) is 18.2 Å². The molecule has 2 heterocycles. The van der Waals surface area contributed by atoms with Gasteiger partial charge in [0.25, 0.3) is 0 Å². The van der Waals surface area contributed by atoms with E-state index < -0.39 is 0 Å². The second-order valence-corrected chi connectivity index (χ2v) is 5.16. The Labute approximate surface area is 121 Å². The average Bonchev–Trinajstić information content (AvgIpc) is 2.52. The van der Waals surface area contributed by atoms with E-state index in [9.17, 15) is 4.79 Å². The summed E-state index contributed by atoms with van der Waals surface area (Å²) in [5.41, 5.74) is 1.04. The third kappa shape index (κ3) is 4.90. The van der Waals surface area contributed by atoms with Gasteiger partial charge in [0.05, 0.1) is 0 Å². The van der Waals surface area contributed by atoms with Gasteiger partial charge in [0.15, 0.2) is 0 Å². The Bertz CT molecular complexity index is 402. The van der Waals surface area contributed by atoms with E-state index in [1.165, 1.54) is 0 Å². The lowest BCUT2D eigenvalue weighted by Crippen LogP contribution is -2.46. The number of nitrogens with one attached hydrogen (secondary N) is 1. The number of likely N-dealkylation sites (N-methyl/N-ethyl adjacent to an activating group) is 1. The molecule has 1 N–H and O–H groups in total. The van der Waals surface area contributed by atoms with Crippen LogP contribution in [0.4, 0.5) is 0 Å². The van der Waals surface area contributed by atoms with Crippen LogP contribution >= 0.6 is 0 Å². The molecule has 5 heteroatoms. The lowest BCUT2D eigenvalue weighted by atomic mass is 10.2. The Morgan fingerprint density at radius 3 is 2.70 bits per heavy atom. The van der Waals surface area contributed by atoms with E-state index in [0.29, 0.717) is 13.0 Å². The Balaban J connectivity index is 1.61. The molecule has 20 heavy (non-hydrogen) atoms. The summed E-state index contributed by atoms with van der Waals surface area (Å²) in [5.74, 6) is 0.117. The number of rotatable bonds is 6. The van der Waals surface area contributed by atoms with E-state index in [-0.39, 0.29) is 5.91 Å². The summed E-state index contributed by atoms with van der Waals surface area (Å²) in [6.45, 7) is 9.13. The second kappa shape index (κ2) is 7.97. The van der Waals surface area contributed by atoms with Gasteiger partial charge >= 0.3 is 0 Å². The van der Waals surface area contributed by atoms with Crippen molar-refractivity contribution in [3.8, 4) is 0 Å². The van der Waals surface area contributed by atoms with Gasteiger partial charge in [-0.1, -0.05) is 13.0 Å². The highest BCUT2D eigenvalue weighted by atomic mass is 16.1. The van der Waals surface area contributed by atoms with Gasteiger partial charge in [-0.3, -0.25) is 9.78 Å². The van der Waals surface area contributed by atoms with Crippen LogP contribution < -0.4 is 5.32 Å². The molecule has 0 saturated carbocycles. The normalized spacial score (nSPS) is 17.1. The summed E-state index contributed by atoms with van der Waals surface area (Å²) in [5, 5.41) is 2.94. The van der Waals surface area contributed by atoms with E-state index in [0.717, 1.165) is 44.8 Å². The molecule has 5 nitrogen and oxygen atoms in total. The fourth-order valence-electron chi connectivity index (χ4n) is 2.38. The molecular weight excluding hydrogens is 252 g/mol. The van der Waals surface area contributed by atoms with Crippen LogP contribution in [-0.2, 0) is 11.3 Å². The van der Waals surface area contributed by atoms with Gasteiger partial charge < -0.3 is 15.1 Å². The van der Waals surface area contributed by atoms with Gasteiger partial charge in [-0.2, -0.15) is 0 Å². The van der Waals surface area contributed by atoms with Gasteiger partial charge in [0.1, 0.15) is 0 Å². The number of pyridine rings is 1. The SMILES string of the molecule is CCN1CCN(CCC(=O)NCc2cccnc2)CC1. The van der Waals surface area contributed by atoms with Crippen molar-refractivity contribution >= 4 is 5.91 Å². The lowest BCUT2D eigenvalue weighted by Gasteiger charge is -2.33. The third-order valence-electron chi connectivity index (χ3n) is 3.78. The van der Waals surface area contributed by atoms with E-state index in [2.05, 4.69) is 27.0 Å². The molecule has 1 amide bonds. The zero-order chi connectivity index (χ0) is 14.2. The number of hydrogen-bond acceptors (Lipinski definition) is 4. The topological polar surface area (TPSA) is 48.5 Å². The number of hydrogen-bond donors (Lipinski definition) is 1. The minimum atomic E-state index is 0.117. The first kappa shape index (κ1) is 14.9. The molecule has 0 spiro atoms. The van der Waals surface area contributed by atoms with Crippen molar-refractivity contribution in [1.29, 1.82) is 0 Å². The Morgan fingerprint density at radius 2 is 2.05 bits per heavy atom. The standard InChI is InChI=1S/C15H24N4O/c1-2-18-8-10-19(11-9-18)7-5-15(20)17-13-14-4-3-6-16-12-14/h3-4,6,12H,2,5,7-11,13H2,1H3,(H,17,20). The van der Waals surface area contributed by atoms with Crippen LogP contribution in [0.25, 0.3) is 0 Å². The zero-order valence-corrected chi connectivity index (χ0v) is 12.2. The molecule has 0 unspecified atom stereocenters. The summed E-state index contributed by atoms with van der Waals surface area (Å²) in [4.78, 5) is 20.7. The molecule has 110 valence electrons. The monoisotopic (exact) mass is 276 g/mol. The molecule has 0 bridgehead atoms. The molecule has 1 aliphatic rings. The van der Waals surface area contributed by atoms with E-state index >= 15 is 0 Å². The van der Waals surface area contributed by atoms with Crippen LogP contribution in [0.1, 0.15) is 18.9 Å². The molecule has 0 radical (unpaired) electrons. The minimum Gasteiger partial charge on any atom is -0.352 e. The fourth-order valence-corrected chi connectivity index (χ4v) is 2.38. The van der Waals surface area contributed by atoms with Crippen LogP contribution in [0, 0.1) is 0 Å². The summed E-state index contributed by atoms with van der Waals surface area (Å²) in [6, 6.07) is 3.85. The Kier molecular flexibility index (Phi) is 5.95. The molecule has 1 aromatic rings. The fraction of sp³-hybridized carbons (Fsp3) is 0.600. The largest absolute Gasteiger partial charge is 0.352 e. The summed E-state index contributed by atoms with van der Waals surface area (Å²) in [6.07, 6.45) is 4.10. The van der Waals surface area contributed by atoms with E-state index in [1.54, 1.807) is 12.4 Å². The molecule has 0 aliphatic carbocycles. The molecular formula is C15H24N4O. The van der Waals surface area contributed by atoms with Crippen molar-refractivity contribution in [2.24, 2.45) is 0 Å². The minimum absolute atomic E-state index is 0.117. The first-order valence-corrected chi connectivity index (χ1v) is 7.38. The predicted octanol–water partition coefficient (Wildman–Crippen LogP) is 0.725. The molecule has 0 aromatic carbocycles. The maximum atomic E-state index is 11.8. The number of carbonyl (C=O) groups excluding carboxylic acids is 1. The molecule has 1 fully saturated rings. The number of aromatic nitrogens is 1. The maximum Gasteiger partial charge on any atom is 0.221 e. The lowest BCUT2D eigenvalue weighted by molar-refractivity contribution is -0.121. The number of piperazine rings is 1. The molecule has 1 aromatic heterocycles. The van der Waals surface area contributed by atoms with Gasteiger partial charge in [-0.15, -0.1) is 0 Å². The second-order valence-electron chi connectivity index (χ2n) is 5.16. The highest BCUT2D eigenvalue weighted by Crippen LogP contribution is 2.02. The number of carbonyl (C=O) groups is 1. The van der Waals surface area contributed by atoms with Gasteiger partial charge in [-0.25, -0.2) is 0 Å². The van der Waals surface area contributed by atoms with Gasteiger partial charge in [0, 0.05) is 58.1 Å². The Morgan fingerprint density at radius 1 is 1.30 bits per heavy atom. The van der Waals surface area contributed by atoms with Crippen LogP contribution in [0.5, 0.6) is 0 Å². The molecule has 2 rings (SSSR count). The van der Waals surface area contributed by atoms with Crippen molar-refractivity contribution in [3.05, 3.63) is 30.1 Å². The number of amides is 1. The summed E-state index contributed by atoms with van der Waals surface area (Å²) in [7, 11) is 0. The first-order chi connectivity index (χ1) is 9.78. The summed E-state index contributed by atoms with van der Waals surface area (Å²) < 4.78 is 0. The van der Waals surface area contributed by atoms with Crippen molar-refractivity contribution in [1.82, 2.24) is 20.1 Å². The maximum absolute atomic E-state index is 11.8. The van der Waals surface area contributed by atoms with Crippen LogP contribution in [0.15, 0.2) is 24.5 Å². The quantitative estimate of drug-likeness (QED) is 0.832. The summed E-state index contributed by atoms with van der Waals surface area (Å²) >= 11 is 0. The van der Waals surface area contributed by atoms with Crippen molar-refractivity contribution in [3.63, 3.8) is 0 Å². The molecule has 1 saturated heterocycles. The highest BCUT2D eigenvalue weighted by molar-refractivity contribution is 5.76. The van der Waals surface area contributed by atoms with E-state index in [4.69, 9.17) is 0 Å². The zero-order valence-electron chi connectivity index (χ0n) is 12.2. The smallest absolute Gasteiger partial charge is 0.221 e. The van der Waals surface area contributed by atoms with E-state index in [1.807, 2.05) is 12.1 Å². The molecule has 0 atom stereocenters. The Hall–Kier alpha value is -1.46. The highest BCUT2D eigenvalue weighted by Gasteiger charge is 2.15. The van der Waals surface area contributed by atoms with Crippen molar-refractivity contribution < 1.29 is 4.79 Å². The molecule has 1 aliphatic heterocycles. The van der Waals surface area contributed by atoms with Crippen LogP contribution in [0.3, 0.4) is 0 Å². The average molecular weight is 276 g/mol. The number of nitrogens with zero attached hydrogens (tertiary/aromatic N) is 3.